The van der Waals surface area contributed by atoms with E-state index in [-0.39, 0.29) is 12.1 Å². The third-order valence-electron chi connectivity index (χ3n) is 4.13. The van der Waals surface area contributed by atoms with Crippen molar-refractivity contribution in [1.82, 2.24) is 20.3 Å². The summed E-state index contributed by atoms with van der Waals surface area (Å²) in [6.07, 6.45) is 3.59. The first-order valence-corrected chi connectivity index (χ1v) is 8.40. The lowest BCUT2D eigenvalue weighted by molar-refractivity contribution is 0.0237. The zero-order valence-electron chi connectivity index (χ0n) is 13.4. The van der Waals surface area contributed by atoms with Gasteiger partial charge in [0.25, 0.3) is 0 Å². The highest BCUT2D eigenvalue weighted by Gasteiger charge is 2.20. The molecule has 7 heteroatoms. The second kappa shape index (κ2) is 6.84. The molecule has 3 N–H and O–H groups in total. The topological polar surface area (TPSA) is 90.9 Å². The molecule has 6 nitrogen and oxygen atoms in total. The lowest BCUT2D eigenvalue weighted by Crippen LogP contribution is -2.28. The van der Waals surface area contributed by atoms with Crippen LogP contribution in [0.4, 0.5) is 5.95 Å². The summed E-state index contributed by atoms with van der Waals surface area (Å²) in [4.78, 5) is 11.9. The maximum absolute atomic E-state index is 6.13. The molecule has 2 aromatic heterocycles. The first-order valence-electron chi connectivity index (χ1n) is 8.03. The molecule has 1 radical (unpaired) electrons. The molecule has 1 fully saturated rings. The number of anilines is 1. The molecule has 0 bridgehead atoms. The van der Waals surface area contributed by atoms with Gasteiger partial charge < -0.3 is 15.5 Å². The van der Waals surface area contributed by atoms with Crippen molar-refractivity contribution >= 4 is 17.5 Å². The summed E-state index contributed by atoms with van der Waals surface area (Å²) in [6.45, 7) is 2.06. The standard InChI is InChI=1S/C18H17ClN5O/c19-13-3-1-2-11(6-13)14-9-23-18(20)24-17(14)12-7-15(22-8-12)16-10-21-4-5-25-16/h1-3,6-9,16,22H,4-5,10H2,(H2,20,23,24). The minimum Gasteiger partial charge on any atom is -0.369 e. The Labute approximate surface area is 150 Å². The van der Waals surface area contributed by atoms with E-state index in [4.69, 9.17) is 22.1 Å². The van der Waals surface area contributed by atoms with Gasteiger partial charge in [0.05, 0.1) is 12.3 Å². The van der Waals surface area contributed by atoms with Gasteiger partial charge in [-0.3, -0.25) is 0 Å². The minimum absolute atomic E-state index is 0.0451. The number of nitrogens with two attached hydrogens (primary N) is 1. The van der Waals surface area contributed by atoms with Crippen molar-refractivity contribution < 1.29 is 4.74 Å². The number of H-pyrrole nitrogens is 1. The molecule has 3 aromatic rings. The largest absolute Gasteiger partial charge is 0.369 e. The zero-order chi connectivity index (χ0) is 17.2. The van der Waals surface area contributed by atoms with Gasteiger partial charge >= 0.3 is 0 Å². The predicted molar refractivity (Wildman–Crippen MR) is 97.2 cm³/mol. The van der Waals surface area contributed by atoms with Crippen LogP contribution in [0.5, 0.6) is 0 Å². The first-order chi connectivity index (χ1) is 12.2. The molecule has 0 spiro atoms. The lowest BCUT2D eigenvalue weighted by Gasteiger charge is -2.21. The Kier molecular flexibility index (Phi) is 4.40. The second-order valence-corrected chi connectivity index (χ2v) is 6.27. The molecule has 127 valence electrons. The van der Waals surface area contributed by atoms with Crippen LogP contribution in [0.1, 0.15) is 11.8 Å². The van der Waals surface area contributed by atoms with Crippen molar-refractivity contribution in [2.24, 2.45) is 0 Å². The van der Waals surface area contributed by atoms with Crippen LogP contribution in [-0.4, -0.2) is 34.6 Å². The Morgan fingerprint density at radius 1 is 1.24 bits per heavy atom. The summed E-state index contributed by atoms with van der Waals surface area (Å²) in [6, 6.07) is 9.62. The molecule has 0 amide bonds. The second-order valence-electron chi connectivity index (χ2n) is 5.83. The molecular weight excluding hydrogens is 338 g/mol. The van der Waals surface area contributed by atoms with E-state index >= 15 is 0 Å². The number of nitrogens with one attached hydrogen (secondary N) is 1. The van der Waals surface area contributed by atoms with Crippen molar-refractivity contribution in [3.8, 4) is 22.4 Å². The fraction of sp³-hybridized carbons (Fsp3) is 0.222. The number of rotatable bonds is 3. The minimum atomic E-state index is -0.0451. The Morgan fingerprint density at radius 2 is 2.16 bits per heavy atom. The molecule has 4 rings (SSSR count). The first kappa shape index (κ1) is 16.1. The molecule has 1 unspecified atom stereocenters. The van der Waals surface area contributed by atoms with Crippen molar-refractivity contribution in [3.63, 3.8) is 0 Å². The van der Waals surface area contributed by atoms with Crippen LogP contribution in [0.3, 0.4) is 0 Å². The number of halogens is 1. The number of morpholine rings is 1. The number of aromatic nitrogens is 3. The van der Waals surface area contributed by atoms with Crippen LogP contribution < -0.4 is 11.1 Å². The van der Waals surface area contributed by atoms with Crippen LogP contribution >= 0.6 is 11.6 Å². The number of aromatic amines is 1. The fourth-order valence-corrected chi connectivity index (χ4v) is 3.12. The summed E-state index contributed by atoms with van der Waals surface area (Å²) < 4.78 is 5.77. The Morgan fingerprint density at radius 3 is 2.96 bits per heavy atom. The van der Waals surface area contributed by atoms with Crippen LogP contribution in [0, 0.1) is 0 Å². The van der Waals surface area contributed by atoms with Crippen LogP contribution in [-0.2, 0) is 4.74 Å². The van der Waals surface area contributed by atoms with E-state index in [0.717, 1.165) is 34.6 Å². The molecule has 1 saturated heterocycles. The number of nitrogens with zero attached hydrogens (tertiary/aromatic N) is 3. The number of benzene rings is 1. The monoisotopic (exact) mass is 354 g/mol. The molecular formula is C18H17ClN5O. The van der Waals surface area contributed by atoms with Crippen molar-refractivity contribution in [2.75, 3.05) is 25.4 Å². The van der Waals surface area contributed by atoms with Crippen LogP contribution in [0.25, 0.3) is 22.4 Å². The quantitative estimate of drug-likeness (QED) is 0.756. The number of hydrogen-bond acceptors (Lipinski definition) is 4. The molecule has 0 saturated carbocycles. The summed E-state index contributed by atoms with van der Waals surface area (Å²) in [5, 5.41) is 5.06. The summed E-state index contributed by atoms with van der Waals surface area (Å²) in [5.74, 6) is 0.229. The average Bonchev–Trinajstić information content (AvgIpc) is 3.12. The zero-order valence-corrected chi connectivity index (χ0v) is 14.2. The van der Waals surface area contributed by atoms with Crippen LogP contribution in [0.15, 0.2) is 42.7 Å². The molecule has 25 heavy (non-hydrogen) atoms. The predicted octanol–water partition coefficient (Wildman–Crippen LogP) is 3.05. The van der Waals surface area contributed by atoms with Gasteiger partial charge in [-0.15, -0.1) is 0 Å². The van der Waals surface area contributed by atoms with Crippen molar-refractivity contribution in [2.45, 2.75) is 6.10 Å². The molecule has 1 atom stereocenters. The van der Waals surface area contributed by atoms with E-state index in [2.05, 4.69) is 20.3 Å². The Hall–Kier alpha value is -2.41. The van der Waals surface area contributed by atoms with Gasteiger partial charge in [0.1, 0.15) is 6.10 Å². The highest BCUT2D eigenvalue weighted by molar-refractivity contribution is 6.30. The SMILES string of the molecule is Nc1ncc(-c2cccc(Cl)c2)c(-c2c[nH]c(C3C[N]CCO3)c2)n1. The smallest absolute Gasteiger partial charge is 0.220 e. The molecule has 1 aliphatic rings. The maximum atomic E-state index is 6.13. The molecule has 0 aliphatic carbocycles. The van der Waals surface area contributed by atoms with Crippen LogP contribution in [0.2, 0.25) is 5.02 Å². The average molecular weight is 355 g/mol. The molecule has 1 aromatic carbocycles. The highest BCUT2D eigenvalue weighted by Crippen LogP contribution is 2.33. The Balaban J connectivity index is 1.75. The van der Waals surface area contributed by atoms with E-state index in [1.165, 1.54) is 0 Å². The van der Waals surface area contributed by atoms with Gasteiger partial charge in [-0.25, -0.2) is 15.3 Å². The van der Waals surface area contributed by atoms with E-state index in [9.17, 15) is 0 Å². The van der Waals surface area contributed by atoms with Gasteiger partial charge in [-0.05, 0) is 23.8 Å². The number of hydrogen-bond donors (Lipinski definition) is 2. The van der Waals surface area contributed by atoms with Crippen molar-refractivity contribution in [1.29, 1.82) is 0 Å². The third-order valence-corrected chi connectivity index (χ3v) is 4.37. The van der Waals surface area contributed by atoms with Gasteiger partial charge in [-0.1, -0.05) is 23.7 Å². The number of nitrogen functional groups attached to an aromatic ring is 1. The summed E-state index contributed by atoms with van der Waals surface area (Å²) in [7, 11) is 0. The Bertz CT molecular complexity index is 889. The van der Waals surface area contributed by atoms with E-state index in [1.807, 2.05) is 36.5 Å². The fourth-order valence-electron chi connectivity index (χ4n) is 2.93. The summed E-state index contributed by atoms with van der Waals surface area (Å²) >= 11 is 6.13. The van der Waals surface area contributed by atoms with Gasteiger partial charge in [0.2, 0.25) is 5.95 Å². The third kappa shape index (κ3) is 3.37. The summed E-state index contributed by atoms with van der Waals surface area (Å²) in [5.41, 5.74) is 10.3. The van der Waals surface area contributed by atoms with Crippen molar-refractivity contribution in [3.05, 3.63) is 53.4 Å². The van der Waals surface area contributed by atoms with Gasteiger partial charge in [0.15, 0.2) is 0 Å². The van der Waals surface area contributed by atoms with Gasteiger partial charge in [0, 0.05) is 47.3 Å². The van der Waals surface area contributed by atoms with E-state index in [0.29, 0.717) is 18.2 Å². The maximum Gasteiger partial charge on any atom is 0.220 e. The normalized spacial score (nSPS) is 17.6. The molecule has 1 aliphatic heterocycles. The van der Waals surface area contributed by atoms with E-state index in [1.54, 1.807) is 6.20 Å². The highest BCUT2D eigenvalue weighted by atomic mass is 35.5. The van der Waals surface area contributed by atoms with Gasteiger partial charge in [-0.2, -0.15) is 0 Å². The number of ether oxygens (including phenoxy) is 1. The lowest BCUT2D eigenvalue weighted by atomic mass is 10.0. The van der Waals surface area contributed by atoms with E-state index < -0.39 is 0 Å². The molecule has 3 heterocycles.